The fourth-order valence-corrected chi connectivity index (χ4v) is 1.67. The van der Waals surface area contributed by atoms with Gasteiger partial charge in [0.25, 0.3) is 0 Å². The van der Waals surface area contributed by atoms with E-state index in [9.17, 15) is 0 Å². The van der Waals surface area contributed by atoms with Gasteiger partial charge in [0.15, 0.2) is 0 Å². The maximum atomic E-state index is 5.70. The van der Waals surface area contributed by atoms with Gasteiger partial charge in [-0.25, -0.2) is 0 Å². The number of hydrogen-bond donors (Lipinski definition) is 4. The van der Waals surface area contributed by atoms with Crippen molar-refractivity contribution in [3.05, 3.63) is 0 Å². The van der Waals surface area contributed by atoms with E-state index in [1.807, 2.05) is 0 Å². The Balaban J connectivity index is 3.65. The summed E-state index contributed by atoms with van der Waals surface area (Å²) >= 11 is 0. The highest BCUT2D eigenvalue weighted by Gasteiger charge is 2.12. The maximum absolute atomic E-state index is 5.70. The molecule has 0 aliphatic rings. The van der Waals surface area contributed by atoms with Crippen molar-refractivity contribution in [3.8, 4) is 0 Å². The first-order valence-electron chi connectivity index (χ1n) is 5.58. The van der Waals surface area contributed by atoms with Crippen LogP contribution in [-0.2, 0) is 0 Å². The molecule has 4 nitrogen and oxygen atoms in total. The summed E-state index contributed by atoms with van der Waals surface area (Å²) in [5.74, 6) is 1.00. The topological polar surface area (TPSA) is 104 Å². The van der Waals surface area contributed by atoms with Gasteiger partial charge in [-0.1, -0.05) is 6.42 Å². The van der Waals surface area contributed by atoms with Crippen LogP contribution in [-0.4, -0.2) is 26.2 Å². The summed E-state index contributed by atoms with van der Waals surface area (Å²) in [6.07, 6.45) is 4.48. The van der Waals surface area contributed by atoms with Crippen LogP contribution in [0.5, 0.6) is 0 Å². The highest BCUT2D eigenvalue weighted by molar-refractivity contribution is 4.68. The van der Waals surface area contributed by atoms with Crippen molar-refractivity contribution in [1.82, 2.24) is 0 Å². The van der Waals surface area contributed by atoms with Gasteiger partial charge in [-0.3, -0.25) is 0 Å². The number of unbranched alkanes of at least 4 members (excludes halogenated alkanes) is 1. The first-order valence-corrected chi connectivity index (χ1v) is 5.58. The van der Waals surface area contributed by atoms with Crippen molar-refractivity contribution >= 4 is 0 Å². The molecule has 0 aromatic rings. The van der Waals surface area contributed by atoms with Gasteiger partial charge in [0.05, 0.1) is 0 Å². The predicted molar refractivity (Wildman–Crippen MR) is 61.7 cm³/mol. The number of nitrogens with two attached hydrogens (primary N) is 4. The molecule has 86 valence electrons. The van der Waals surface area contributed by atoms with E-state index >= 15 is 0 Å². The molecular formula is C10H26N4. The third kappa shape index (κ3) is 6.32. The molecule has 1 atom stereocenters. The molecule has 14 heavy (non-hydrogen) atoms. The zero-order valence-electron chi connectivity index (χ0n) is 9.12. The molecule has 0 aromatic heterocycles. The smallest absolute Gasteiger partial charge is 0.00367 e. The van der Waals surface area contributed by atoms with Gasteiger partial charge in [-0.15, -0.1) is 0 Å². The van der Waals surface area contributed by atoms with Crippen LogP contribution in [0.3, 0.4) is 0 Å². The van der Waals surface area contributed by atoms with Crippen LogP contribution >= 0.6 is 0 Å². The average Bonchev–Trinajstić information content (AvgIpc) is 2.23. The minimum absolute atomic E-state index is 0.432. The molecular weight excluding hydrogens is 176 g/mol. The summed E-state index contributed by atoms with van der Waals surface area (Å²) < 4.78 is 0. The van der Waals surface area contributed by atoms with E-state index in [4.69, 9.17) is 22.9 Å². The summed E-state index contributed by atoms with van der Waals surface area (Å²) in [4.78, 5) is 0. The molecule has 4 heteroatoms. The van der Waals surface area contributed by atoms with Gasteiger partial charge < -0.3 is 22.9 Å². The number of rotatable bonds is 9. The Labute approximate surface area is 87.4 Å². The highest BCUT2D eigenvalue weighted by Crippen LogP contribution is 2.16. The molecule has 8 N–H and O–H groups in total. The lowest BCUT2D eigenvalue weighted by Gasteiger charge is -2.20. The van der Waals surface area contributed by atoms with E-state index in [1.165, 1.54) is 6.42 Å². The number of hydrogen-bond acceptors (Lipinski definition) is 4. The normalized spacial score (nSPS) is 13.5. The Morgan fingerprint density at radius 1 is 0.714 bits per heavy atom. The third-order valence-corrected chi connectivity index (χ3v) is 2.73. The highest BCUT2D eigenvalue weighted by atomic mass is 14.6. The second-order valence-electron chi connectivity index (χ2n) is 3.96. The Morgan fingerprint density at radius 2 is 1.29 bits per heavy atom. The van der Waals surface area contributed by atoms with Crippen LogP contribution in [0, 0.1) is 11.8 Å². The first-order chi connectivity index (χ1) is 6.78. The van der Waals surface area contributed by atoms with Gasteiger partial charge in [0, 0.05) is 0 Å². The van der Waals surface area contributed by atoms with Crippen molar-refractivity contribution in [1.29, 1.82) is 0 Å². The van der Waals surface area contributed by atoms with Crippen LogP contribution in [0.2, 0.25) is 0 Å². The van der Waals surface area contributed by atoms with Gasteiger partial charge in [0.1, 0.15) is 0 Å². The van der Waals surface area contributed by atoms with E-state index in [0.29, 0.717) is 24.9 Å². The standard InChI is InChI=1S/C10H26N4/c11-4-2-1-3-9(6-12)5-10(7-13)8-14/h9-10H,1-8,11-14H2. The lowest BCUT2D eigenvalue weighted by molar-refractivity contribution is 0.359. The van der Waals surface area contributed by atoms with Crippen molar-refractivity contribution < 1.29 is 0 Å². The third-order valence-electron chi connectivity index (χ3n) is 2.73. The fourth-order valence-electron chi connectivity index (χ4n) is 1.67. The predicted octanol–water partition coefficient (Wildman–Crippen LogP) is -0.386. The van der Waals surface area contributed by atoms with E-state index in [2.05, 4.69) is 0 Å². The molecule has 0 aliphatic carbocycles. The Hall–Kier alpha value is -0.160. The summed E-state index contributed by atoms with van der Waals surface area (Å²) in [5.41, 5.74) is 22.3. The van der Waals surface area contributed by atoms with Crippen LogP contribution < -0.4 is 22.9 Å². The van der Waals surface area contributed by atoms with Crippen molar-refractivity contribution in [3.63, 3.8) is 0 Å². The van der Waals surface area contributed by atoms with E-state index in [1.54, 1.807) is 0 Å². The molecule has 0 saturated carbocycles. The SMILES string of the molecule is NCCCCC(CN)CC(CN)CN. The summed E-state index contributed by atoms with van der Waals surface area (Å²) in [6.45, 7) is 2.85. The molecule has 1 unspecified atom stereocenters. The molecule has 0 bridgehead atoms. The maximum Gasteiger partial charge on any atom is -0.00367 e. The molecule has 0 aromatic carbocycles. The lowest BCUT2D eigenvalue weighted by Crippen LogP contribution is -2.28. The second-order valence-corrected chi connectivity index (χ2v) is 3.96. The van der Waals surface area contributed by atoms with Crippen LogP contribution in [0.25, 0.3) is 0 Å². The van der Waals surface area contributed by atoms with Gasteiger partial charge in [-0.05, 0) is 57.3 Å². The minimum Gasteiger partial charge on any atom is -0.330 e. The minimum atomic E-state index is 0.432. The summed E-state index contributed by atoms with van der Waals surface area (Å²) in [7, 11) is 0. The van der Waals surface area contributed by atoms with Crippen LogP contribution in [0.4, 0.5) is 0 Å². The second kappa shape index (κ2) is 9.40. The van der Waals surface area contributed by atoms with Crippen molar-refractivity contribution in [2.24, 2.45) is 34.8 Å². The lowest BCUT2D eigenvalue weighted by atomic mass is 9.90. The molecule has 0 amide bonds. The van der Waals surface area contributed by atoms with E-state index in [0.717, 1.165) is 32.4 Å². The van der Waals surface area contributed by atoms with Gasteiger partial charge >= 0.3 is 0 Å². The van der Waals surface area contributed by atoms with E-state index < -0.39 is 0 Å². The van der Waals surface area contributed by atoms with Crippen LogP contribution in [0.15, 0.2) is 0 Å². The first kappa shape index (κ1) is 13.8. The zero-order chi connectivity index (χ0) is 10.8. The molecule has 0 radical (unpaired) electrons. The Morgan fingerprint density at radius 3 is 1.71 bits per heavy atom. The fraction of sp³-hybridized carbons (Fsp3) is 1.00. The van der Waals surface area contributed by atoms with Crippen LogP contribution in [0.1, 0.15) is 25.7 Å². The van der Waals surface area contributed by atoms with E-state index in [-0.39, 0.29) is 0 Å². The molecule has 0 spiro atoms. The summed E-state index contributed by atoms with van der Waals surface area (Å²) in [5, 5.41) is 0. The van der Waals surface area contributed by atoms with Gasteiger partial charge in [-0.2, -0.15) is 0 Å². The van der Waals surface area contributed by atoms with Crippen molar-refractivity contribution in [2.45, 2.75) is 25.7 Å². The Bertz CT molecular complexity index is 115. The molecule has 0 heterocycles. The molecule has 0 aliphatic heterocycles. The quantitative estimate of drug-likeness (QED) is 0.382. The average molecular weight is 202 g/mol. The van der Waals surface area contributed by atoms with Gasteiger partial charge in [0.2, 0.25) is 0 Å². The molecule has 0 rings (SSSR count). The zero-order valence-corrected chi connectivity index (χ0v) is 9.12. The largest absolute Gasteiger partial charge is 0.330 e. The molecule has 0 saturated heterocycles. The monoisotopic (exact) mass is 202 g/mol. The van der Waals surface area contributed by atoms with Crippen molar-refractivity contribution in [2.75, 3.05) is 26.2 Å². The summed E-state index contributed by atoms with van der Waals surface area (Å²) in [6, 6.07) is 0. The Kier molecular flexibility index (Phi) is 9.29. The molecule has 0 fully saturated rings.